The first kappa shape index (κ1) is 8.33. The van der Waals surface area contributed by atoms with Gasteiger partial charge in [-0.25, -0.2) is 15.8 Å². The van der Waals surface area contributed by atoms with Crippen molar-refractivity contribution in [2.24, 2.45) is 5.84 Å². The molecule has 0 spiro atoms. The third-order valence-electron chi connectivity index (χ3n) is 1.66. The first-order chi connectivity index (χ1) is 6.20. The number of aromatic nitrogens is 3. The monoisotopic (exact) mass is 195 g/mol. The number of hydrogen-bond acceptors (Lipinski definition) is 6. The quantitative estimate of drug-likeness (QED) is 0.524. The molecule has 0 aliphatic rings. The number of nitrogen functional groups attached to an aromatic ring is 1. The lowest BCUT2D eigenvalue weighted by molar-refractivity contribution is 1.04. The van der Waals surface area contributed by atoms with E-state index in [0.29, 0.717) is 10.8 Å². The SMILES string of the molecule is Cc1nc(C)c2sc(NN)nc2n1. The van der Waals surface area contributed by atoms with E-state index in [1.807, 2.05) is 13.8 Å². The summed E-state index contributed by atoms with van der Waals surface area (Å²) in [7, 11) is 0. The van der Waals surface area contributed by atoms with Crippen molar-refractivity contribution in [3.8, 4) is 0 Å². The fourth-order valence-electron chi connectivity index (χ4n) is 1.16. The number of hydrogen-bond donors (Lipinski definition) is 2. The van der Waals surface area contributed by atoms with Crippen LogP contribution in [0.3, 0.4) is 0 Å². The van der Waals surface area contributed by atoms with E-state index in [1.165, 1.54) is 11.3 Å². The first-order valence-corrected chi connectivity index (χ1v) is 4.61. The normalized spacial score (nSPS) is 10.7. The fourth-order valence-corrected chi connectivity index (χ4v) is 1.92. The van der Waals surface area contributed by atoms with Crippen LogP contribution in [0.15, 0.2) is 0 Å². The molecule has 0 saturated heterocycles. The summed E-state index contributed by atoms with van der Waals surface area (Å²) in [5, 5.41) is 0.665. The van der Waals surface area contributed by atoms with Gasteiger partial charge in [0.1, 0.15) is 5.82 Å². The number of fused-ring (bicyclic) bond motifs is 1. The van der Waals surface area contributed by atoms with Crippen molar-refractivity contribution in [3.05, 3.63) is 11.5 Å². The van der Waals surface area contributed by atoms with Crippen LogP contribution in [-0.4, -0.2) is 15.0 Å². The molecule has 0 fully saturated rings. The van der Waals surface area contributed by atoms with Gasteiger partial charge in [0.05, 0.1) is 10.4 Å². The van der Waals surface area contributed by atoms with E-state index in [1.54, 1.807) is 0 Å². The maximum atomic E-state index is 5.25. The highest BCUT2D eigenvalue weighted by atomic mass is 32.1. The number of anilines is 1. The second kappa shape index (κ2) is 2.90. The van der Waals surface area contributed by atoms with Gasteiger partial charge >= 0.3 is 0 Å². The molecule has 0 saturated carbocycles. The molecule has 2 rings (SSSR count). The van der Waals surface area contributed by atoms with Crippen LogP contribution in [0.2, 0.25) is 0 Å². The molecule has 0 radical (unpaired) electrons. The molecule has 0 unspecified atom stereocenters. The Kier molecular flexibility index (Phi) is 1.86. The Morgan fingerprint density at radius 2 is 2.00 bits per heavy atom. The molecule has 6 heteroatoms. The zero-order valence-electron chi connectivity index (χ0n) is 7.33. The number of nitrogens with one attached hydrogen (secondary N) is 1. The molecule has 13 heavy (non-hydrogen) atoms. The van der Waals surface area contributed by atoms with E-state index >= 15 is 0 Å². The topological polar surface area (TPSA) is 76.7 Å². The van der Waals surface area contributed by atoms with E-state index in [9.17, 15) is 0 Å². The zero-order chi connectivity index (χ0) is 9.42. The van der Waals surface area contributed by atoms with E-state index in [4.69, 9.17) is 5.84 Å². The molecule has 0 aromatic carbocycles. The summed E-state index contributed by atoms with van der Waals surface area (Å²) >= 11 is 1.46. The van der Waals surface area contributed by atoms with Gasteiger partial charge in [-0.3, -0.25) is 5.43 Å². The number of thiazole rings is 1. The maximum Gasteiger partial charge on any atom is 0.199 e. The van der Waals surface area contributed by atoms with Gasteiger partial charge < -0.3 is 0 Å². The van der Waals surface area contributed by atoms with Gasteiger partial charge in [0.2, 0.25) is 0 Å². The summed E-state index contributed by atoms with van der Waals surface area (Å²) in [5.74, 6) is 5.99. The van der Waals surface area contributed by atoms with Crippen LogP contribution in [0, 0.1) is 13.8 Å². The van der Waals surface area contributed by atoms with Crippen LogP contribution in [0.5, 0.6) is 0 Å². The lowest BCUT2D eigenvalue weighted by Crippen LogP contribution is -2.05. The molecular weight excluding hydrogens is 186 g/mol. The van der Waals surface area contributed by atoms with Crippen LogP contribution in [-0.2, 0) is 0 Å². The average Bonchev–Trinajstić information content (AvgIpc) is 2.47. The number of aryl methyl sites for hydroxylation is 2. The van der Waals surface area contributed by atoms with Crippen molar-refractivity contribution in [1.82, 2.24) is 15.0 Å². The number of rotatable bonds is 1. The molecule has 0 aliphatic carbocycles. The van der Waals surface area contributed by atoms with Gasteiger partial charge in [0.25, 0.3) is 0 Å². The highest BCUT2D eigenvalue weighted by molar-refractivity contribution is 7.22. The standard InChI is InChI=1S/C7H9N5S/c1-3-5-6(10-4(2)9-3)11-7(12-8)13-5/h8H2,1-2H3,(H,9,10,11,12). The van der Waals surface area contributed by atoms with E-state index < -0.39 is 0 Å². The van der Waals surface area contributed by atoms with Crippen LogP contribution in [0.25, 0.3) is 10.3 Å². The Labute approximate surface area is 79.0 Å². The third-order valence-corrected chi connectivity index (χ3v) is 2.74. The summed E-state index contributed by atoms with van der Waals surface area (Å²) in [6.07, 6.45) is 0. The van der Waals surface area contributed by atoms with Crippen molar-refractivity contribution in [2.75, 3.05) is 5.43 Å². The van der Waals surface area contributed by atoms with Crippen molar-refractivity contribution in [1.29, 1.82) is 0 Å². The predicted octanol–water partition coefficient (Wildman–Crippen LogP) is 0.989. The summed E-state index contributed by atoms with van der Waals surface area (Å²) in [6, 6.07) is 0. The summed E-state index contributed by atoms with van der Waals surface area (Å²) in [4.78, 5) is 12.6. The summed E-state index contributed by atoms with van der Waals surface area (Å²) < 4.78 is 0.985. The van der Waals surface area contributed by atoms with Crippen LogP contribution in [0.1, 0.15) is 11.5 Å². The molecule has 68 valence electrons. The molecule has 0 bridgehead atoms. The summed E-state index contributed by atoms with van der Waals surface area (Å²) in [5.41, 5.74) is 4.16. The number of nitrogens with zero attached hydrogens (tertiary/aromatic N) is 3. The van der Waals surface area contributed by atoms with Gasteiger partial charge in [-0.2, -0.15) is 4.98 Å². The molecule has 2 aromatic rings. The Balaban J connectivity index is 2.75. The van der Waals surface area contributed by atoms with Crippen molar-refractivity contribution in [2.45, 2.75) is 13.8 Å². The highest BCUT2D eigenvalue weighted by Crippen LogP contribution is 2.25. The van der Waals surface area contributed by atoms with Crippen molar-refractivity contribution >= 4 is 26.8 Å². The fraction of sp³-hybridized carbons (Fsp3) is 0.286. The lowest BCUT2D eigenvalue weighted by Gasteiger charge is -1.93. The van der Waals surface area contributed by atoms with Crippen molar-refractivity contribution in [3.63, 3.8) is 0 Å². The Morgan fingerprint density at radius 3 is 2.69 bits per heavy atom. The maximum absolute atomic E-state index is 5.25. The Bertz CT molecular complexity index is 449. The van der Waals surface area contributed by atoms with E-state index in [2.05, 4.69) is 20.4 Å². The minimum Gasteiger partial charge on any atom is -0.300 e. The minimum absolute atomic E-state index is 0.665. The van der Waals surface area contributed by atoms with Gasteiger partial charge in [-0.1, -0.05) is 11.3 Å². The third kappa shape index (κ3) is 1.34. The van der Waals surface area contributed by atoms with E-state index in [0.717, 1.165) is 16.2 Å². The molecule has 0 aliphatic heterocycles. The lowest BCUT2D eigenvalue weighted by atomic mass is 10.4. The van der Waals surface area contributed by atoms with E-state index in [-0.39, 0.29) is 0 Å². The van der Waals surface area contributed by atoms with Crippen LogP contribution < -0.4 is 11.3 Å². The smallest absolute Gasteiger partial charge is 0.199 e. The average molecular weight is 195 g/mol. The minimum atomic E-state index is 0.665. The molecule has 0 amide bonds. The van der Waals surface area contributed by atoms with Gasteiger partial charge in [0.15, 0.2) is 10.8 Å². The number of hydrazine groups is 1. The predicted molar refractivity (Wildman–Crippen MR) is 52.5 cm³/mol. The molecule has 0 atom stereocenters. The van der Waals surface area contributed by atoms with Crippen molar-refractivity contribution < 1.29 is 0 Å². The van der Waals surface area contributed by atoms with Crippen LogP contribution >= 0.6 is 11.3 Å². The number of nitrogens with two attached hydrogens (primary N) is 1. The zero-order valence-corrected chi connectivity index (χ0v) is 8.14. The molecule has 3 N–H and O–H groups in total. The largest absolute Gasteiger partial charge is 0.300 e. The second-order valence-corrected chi connectivity index (χ2v) is 3.67. The van der Waals surface area contributed by atoms with Gasteiger partial charge in [0, 0.05) is 0 Å². The Morgan fingerprint density at radius 1 is 1.23 bits per heavy atom. The van der Waals surface area contributed by atoms with Crippen LogP contribution in [0.4, 0.5) is 5.13 Å². The second-order valence-electron chi connectivity index (χ2n) is 2.67. The van der Waals surface area contributed by atoms with Gasteiger partial charge in [-0.05, 0) is 13.8 Å². The summed E-state index contributed by atoms with van der Waals surface area (Å²) in [6.45, 7) is 3.79. The highest BCUT2D eigenvalue weighted by Gasteiger charge is 2.07. The molecule has 5 nitrogen and oxygen atoms in total. The molecule has 2 heterocycles. The molecular formula is C7H9N5S. The molecule has 2 aromatic heterocycles. The van der Waals surface area contributed by atoms with Gasteiger partial charge in [-0.15, -0.1) is 0 Å². The first-order valence-electron chi connectivity index (χ1n) is 3.79. The Hall–Kier alpha value is -1.27.